The van der Waals surface area contributed by atoms with E-state index in [-0.39, 0.29) is 6.04 Å². The van der Waals surface area contributed by atoms with E-state index in [9.17, 15) is 0 Å². The Bertz CT molecular complexity index is 736. The average molecular weight is 298 g/mol. The van der Waals surface area contributed by atoms with Gasteiger partial charge in [-0.05, 0) is 26.5 Å². The Kier molecular flexibility index (Phi) is 4.02. The average Bonchev–Trinajstić information content (AvgIpc) is 3.18. The first kappa shape index (κ1) is 14.5. The van der Waals surface area contributed by atoms with Crippen molar-refractivity contribution < 1.29 is 9.05 Å². The minimum Gasteiger partial charge on any atom is -0.364 e. The summed E-state index contributed by atoms with van der Waals surface area (Å²) in [7, 11) is 1.98. The van der Waals surface area contributed by atoms with Gasteiger partial charge in [0.2, 0.25) is 11.7 Å². The van der Waals surface area contributed by atoms with E-state index in [0.29, 0.717) is 18.3 Å². The second-order valence-corrected chi connectivity index (χ2v) is 5.34. The Balaban J connectivity index is 1.73. The Labute approximate surface area is 128 Å². The summed E-state index contributed by atoms with van der Waals surface area (Å²) in [6.07, 6.45) is 1.57. The molecule has 0 aliphatic carbocycles. The van der Waals surface area contributed by atoms with Crippen molar-refractivity contribution in [1.82, 2.24) is 20.2 Å². The summed E-state index contributed by atoms with van der Waals surface area (Å²) in [6, 6.07) is 9.95. The zero-order chi connectivity index (χ0) is 15.5. The molecule has 22 heavy (non-hydrogen) atoms. The molecular weight excluding hydrogens is 280 g/mol. The maximum atomic E-state index is 5.37. The normalized spacial score (nSPS) is 12.7. The van der Waals surface area contributed by atoms with E-state index in [1.807, 2.05) is 44.3 Å². The fourth-order valence-electron chi connectivity index (χ4n) is 2.27. The van der Waals surface area contributed by atoms with Crippen molar-refractivity contribution in [3.8, 4) is 11.4 Å². The Morgan fingerprint density at radius 1 is 1.18 bits per heavy atom. The van der Waals surface area contributed by atoms with Crippen molar-refractivity contribution in [3.05, 3.63) is 53.7 Å². The number of hydrogen-bond acceptors (Lipinski definition) is 6. The van der Waals surface area contributed by atoms with E-state index in [4.69, 9.17) is 9.05 Å². The van der Waals surface area contributed by atoms with E-state index in [1.165, 1.54) is 0 Å². The molecule has 0 saturated heterocycles. The maximum Gasteiger partial charge on any atom is 0.241 e. The monoisotopic (exact) mass is 298 g/mol. The van der Waals surface area contributed by atoms with Crippen LogP contribution >= 0.6 is 0 Å². The lowest BCUT2D eigenvalue weighted by molar-refractivity contribution is 0.208. The highest BCUT2D eigenvalue weighted by Crippen LogP contribution is 2.22. The van der Waals surface area contributed by atoms with Crippen LogP contribution in [-0.4, -0.2) is 27.2 Å². The first-order chi connectivity index (χ1) is 10.6. The molecule has 0 aliphatic rings. The minimum absolute atomic E-state index is 0.104. The fourth-order valence-corrected chi connectivity index (χ4v) is 2.27. The van der Waals surface area contributed by atoms with Crippen LogP contribution in [0.3, 0.4) is 0 Å². The van der Waals surface area contributed by atoms with Gasteiger partial charge in [-0.25, -0.2) is 0 Å². The number of hydrogen-bond donors (Lipinski definition) is 0. The topological polar surface area (TPSA) is 68.2 Å². The van der Waals surface area contributed by atoms with Gasteiger partial charge in [0.15, 0.2) is 0 Å². The molecule has 6 heteroatoms. The summed E-state index contributed by atoms with van der Waals surface area (Å²) >= 11 is 0. The largest absolute Gasteiger partial charge is 0.364 e. The highest BCUT2D eigenvalue weighted by Gasteiger charge is 2.18. The second-order valence-electron chi connectivity index (χ2n) is 5.34. The second kappa shape index (κ2) is 6.11. The van der Waals surface area contributed by atoms with Crippen LogP contribution in [0.25, 0.3) is 11.4 Å². The number of rotatable bonds is 5. The van der Waals surface area contributed by atoms with Crippen LogP contribution in [0.5, 0.6) is 0 Å². The van der Waals surface area contributed by atoms with Gasteiger partial charge in [-0.3, -0.25) is 4.90 Å². The molecule has 0 fully saturated rings. The van der Waals surface area contributed by atoms with Crippen LogP contribution in [0.2, 0.25) is 0 Å². The number of aromatic nitrogens is 3. The van der Waals surface area contributed by atoms with E-state index in [0.717, 1.165) is 16.8 Å². The lowest BCUT2D eigenvalue weighted by Gasteiger charge is -2.20. The molecule has 114 valence electrons. The zero-order valence-electron chi connectivity index (χ0n) is 12.9. The summed E-state index contributed by atoms with van der Waals surface area (Å²) in [6.45, 7) is 4.63. The lowest BCUT2D eigenvalue weighted by Crippen LogP contribution is -2.22. The summed E-state index contributed by atoms with van der Waals surface area (Å²) in [5.74, 6) is 1.20. The maximum absolute atomic E-state index is 5.37. The molecule has 0 radical (unpaired) electrons. The third-order valence-corrected chi connectivity index (χ3v) is 3.79. The molecule has 3 aromatic rings. The molecule has 0 aliphatic heterocycles. The molecule has 3 rings (SSSR count). The van der Waals surface area contributed by atoms with Crippen molar-refractivity contribution in [2.45, 2.75) is 26.4 Å². The van der Waals surface area contributed by atoms with Crippen molar-refractivity contribution in [1.29, 1.82) is 0 Å². The van der Waals surface area contributed by atoms with Gasteiger partial charge in [-0.2, -0.15) is 4.98 Å². The first-order valence-corrected chi connectivity index (χ1v) is 7.14. The van der Waals surface area contributed by atoms with Crippen LogP contribution in [-0.2, 0) is 6.54 Å². The molecule has 0 N–H and O–H groups in total. The zero-order valence-corrected chi connectivity index (χ0v) is 12.9. The highest BCUT2D eigenvalue weighted by atomic mass is 16.5. The standard InChI is InChI=1S/C16H18N4O2/c1-11-6-4-5-7-13(11)16-17-15(22-19-16)10-20(3)12(2)14-8-9-21-18-14/h4-9,12H,10H2,1-3H3/t12-/m0/s1. The quantitative estimate of drug-likeness (QED) is 0.720. The predicted octanol–water partition coefficient (Wildman–Crippen LogP) is 3.23. The van der Waals surface area contributed by atoms with E-state index >= 15 is 0 Å². The van der Waals surface area contributed by atoms with Gasteiger partial charge in [0.25, 0.3) is 0 Å². The highest BCUT2D eigenvalue weighted by molar-refractivity contribution is 5.58. The summed E-state index contributed by atoms with van der Waals surface area (Å²) in [5, 5.41) is 8.04. The molecule has 2 heterocycles. The van der Waals surface area contributed by atoms with Crippen LogP contribution in [0.1, 0.15) is 30.1 Å². The van der Waals surface area contributed by atoms with Crippen molar-refractivity contribution in [2.75, 3.05) is 7.05 Å². The van der Waals surface area contributed by atoms with Crippen LogP contribution in [0.15, 0.2) is 45.6 Å². The van der Waals surface area contributed by atoms with E-state index < -0.39 is 0 Å². The van der Waals surface area contributed by atoms with Crippen LogP contribution in [0.4, 0.5) is 0 Å². The van der Waals surface area contributed by atoms with Gasteiger partial charge >= 0.3 is 0 Å². The van der Waals surface area contributed by atoms with Crippen molar-refractivity contribution in [2.24, 2.45) is 0 Å². The summed E-state index contributed by atoms with van der Waals surface area (Å²) < 4.78 is 10.2. The number of nitrogens with zero attached hydrogens (tertiary/aromatic N) is 4. The SMILES string of the molecule is Cc1ccccc1-c1noc(CN(C)[C@@H](C)c2ccon2)n1. The van der Waals surface area contributed by atoms with Gasteiger partial charge in [0, 0.05) is 11.6 Å². The summed E-state index contributed by atoms with van der Waals surface area (Å²) in [4.78, 5) is 6.56. The molecule has 1 aromatic carbocycles. The molecule has 0 saturated carbocycles. The Hall–Kier alpha value is -2.47. The van der Waals surface area contributed by atoms with Crippen LogP contribution < -0.4 is 0 Å². The van der Waals surface area contributed by atoms with Gasteiger partial charge in [-0.1, -0.05) is 34.6 Å². The lowest BCUT2D eigenvalue weighted by atomic mass is 10.1. The van der Waals surface area contributed by atoms with Crippen molar-refractivity contribution in [3.63, 3.8) is 0 Å². The van der Waals surface area contributed by atoms with Gasteiger partial charge < -0.3 is 9.05 Å². The van der Waals surface area contributed by atoms with Gasteiger partial charge in [0.05, 0.1) is 12.6 Å². The third kappa shape index (κ3) is 2.92. The fraction of sp³-hybridized carbons (Fsp3) is 0.312. The van der Waals surface area contributed by atoms with E-state index in [1.54, 1.807) is 6.26 Å². The van der Waals surface area contributed by atoms with E-state index in [2.05, 4.69) is 27.1 Å². The molecule has 0 spiro atoms. The number of aryl methyl sites for hydroxylation is 1. The molecule has 0 unspecified atom stereocenters. The number of benzene rings is 1. The molecule has 2 aromatic heterocycles. The predicted molar refractivity (Wildman–Crippen MR) is 80.9 cm³/mol. The smallest absolute Gasteiger partial charge is 0.241 e. The van der Waals surface area contributed by atoms with Gasteiger partial charge in [-0.15, -0.1) is 0 Å². The summed E-state index contributed by atoms with van der Waals surface area (Å²) in [5.41, 5.74) is 2.99. The molecule has 0 bridgehead atoms. The molecular formula is C16H18N4O2. The first-order valence-electron chi connectivity index (χ1n) is 7.14. The van der Waals surface area contributed by atoms with Crippen LogP contribution in [0, 0.1) is 6.92 Å². The van der Waals surface area contributed by atoms with Gasteiger partial charge in [0.1, 0.15) is 12.0 Å². The van der Waals surface area contributed by atoms with Crippen molar-refractivity contribution >= 4 is 0 Å². The Morgan fingerprint density at radius 2 is 2.00 bits per heavy atom. The third-order valence-electron chi connectivity index (χ3n) is 3.79. The molecule has 0 amide bonds. The minimum atomic E-state index is 0.104. The molecule has 1 atom stereocenters. The Morgan fingerprint density at radius 3 is 2.73 bits per heavy atom. The molecule has 6 nitrogen and oxygen atoms in total.